The van der Waals surface area contributed by atoms with E-state index >= 15 is 0 Å². The van der Waals surface area contributed by atoms with Crippen molar-refractivity contribution in [1.82, 2.24) is 0 Å². The molecule has 0 aliphatic heterocycles. The van der Waals surface area contributed by atoms with Crippen molar-refractivity contribution >= 4 is 27.4 Å². The van der Waals surface area contributed by atoms with Crippen LogP contribution in [0.4, 0.5) is 0 Å². The summed E-state index contributed by atoms with van der Waals surface area (Å²) < 4.78 is 14.0. The number of hydrogen-bond acceptors (Lipinski definition) is 2. The molecule has 0 saturated carbocycles. The van der Waals surface area contributed by atoms with E-state index in [9.17, 15) is 0 Å². The molecule has 0 unspecified atom stereocenters. The normalized spacial score (nSPS) is 18.3. The highest BCUT2D eigenvalue weighted by Gasteiger charge is 2.46. The summed E-state index contributed by atoms with van der Waals surface area (Å²) in [5.41, 5.74) is 8.30. The van der Waals surface area contributed by atoms with Crippen molar-refractivity contribution in [2.45, 2.75) is 51.1 Å². The number of benzene rings is 4. The van der Waals surface area contributed by atoms with Crippen LogP contribution in [0, 0.1) is 0 Å². The van der Waals surface area contributed by atoms with Gasteiger partial charge in [-0.05, 0) is 61.5 Å². The molecule has 0 atom stereocenters. The second-order valence-electron chi connectivity index (χ2n) is 11.6. The van der Waals surface area contributed by atoms with Gasteiger partial charge in [-0.3, -0.25) is 0 Å². The van der Waals surface area contributed by atoms with Gasteiger partial charge in [-0.25, -0.2) is 0 Å². The van der Waals surface area contributed by atoms with Crippen molar-refractivity contribution in [2.75, 3.05) is 0 Å². The van der Waals surface area contributed by atoms with Gasteiger partial charge in [0.1, 0.15) is 11.5 Å². The van der Waals surface area contributed by atoms with Crippen LogP contribution in [0.2, 0.25) is 39.3 Å². The van der Waals surface area contributed by atoms with E-state index in [1.807, 2.05) is 0 Å². The molecule has 0 saturated heterocycles. The summed E-state index contributed by atoms with van der Waals surface area (Å²) in [4.78, 5) is 0. The van der Waals surface area contributed by atoms with E-state index in [-0.39, 0.29) is 11.8 Å². The molecular formula is C30H32O2Si2. The topological polar surface area (TPSA) is 18.5 Å². The van der Waals surface area contributed by atoms with Gasteiger partial charge in [-0.15, -0.1) is 0 Å². The Balaban J connectivity index is 1.79. The molecule has 0 heterocycles. The molecule has 2 bridgehead atoms. The van der Waals surface area contributed by atoms with E-state index in [0.717, 1.165) is 11.5 Å². The second kappa shape index (κ2) is 7.33. The third-order valence-electron chi connectivity index (χ3n) is 6.83. The Morgan fingerprint density at radius 1 is 0.471 bits per heavy atom. The third kappa shape index (κ3) is 3.27. The third-order valence-corrected chi connectivity index (χ3v) is 8.46. The molecule has 3 aliphatic rings. The smallest absolute Gasteiger partial charge is 0.242 e. The molecule has 4 aromatic rings. The standard InChI is InChI=1S/C30H32O2Si2/c1-33(2,3)31-29-23-17-11-12-18-24(23)30(32-34(4,5)6)28-26-21-15-9-7-13-19(21)25(27(28)29)20-14-8-10-16-22(20)26/h7-18,25-26H,1-6H3. The summed E-state index contributed by atoms with van der Waals surface area (Å²) in [5, 5.41) is 2.36. The quantitative estimate of drug-likeness (QED) is 0.236. The molecule has 0 fully saturated rings. The summed E-state index contributed by atoms with van der Waals surface area (Å²) in [6, 6.07) is 26.7. The first-order chi connectivity index (χ1) is 16.1. The molecule has 2 nitrogen and oxygen atoms in total. The minimum absolute atomic E-state index is 0.160. The van der Waals surface area contributed by atoms with Crippen molar-refractivity contribution in [1.29, 1.82) is 0 Å². The largest absolute Gasteiger partial charge is 0.544 e. The molecule has 34 heavy (non-hydrogen) atoms. The van der Waals surface area contributed by atoms with E-state index in [2.05, 4.69) is 112 Å². The van der Waals surface area contributed by atoms with Crippen molar-refractivity contribution < 1.29 is 8.85 Å². The summed E-state index contributed by atoms with van der Waals surface area (Å²) in [6.07, 6.45) is 0. The SMILES string of the molecule is C[Si](C)(C)Oc1c2c(c(O[Si](C)(C)C)c3ccccc13)C1c3ccccc3C2c2ccccc21. The highest BCUT2D eigenvalue weighted by Crippen LogP contribution is 2.62. The molecule has 3 aliphatic carbocycles. The highest BCUT2D eigenvalue weighted by atomic mass is 28.4. The molecule has 4 aromatic carbocycles. The zero-order valence-electron chi connectivity index (χ0n) is 20.9. The van der Waals surface area contributed by atoms with Crippen LogP contribution < -0.4 is 8.85 Å². The first-order valence-electron chi connectivity index (χ1n) is 12.3. The van der Waals surface area contributed by atoms with Crippen molar-refractivity contribution in [3.63, 3.8) is 0 Å². The Labute approximate surface area is 204 Å². The Kier molecular flexibility index (Phi) is 4.68. The molecule has 4 heteroatoms. The van der Waals surface area contributed by atoms with Gasteiger partial charge in [0.05, 0.1) is 0 Å². The fourth-order valence-electron chi connectivity index (χ4n) is 5.85. The minimum Gasteiger partial charge on any atom is -0.544 e. The molecule has 0 aromatic heterocycles. The van der Waals surface area contributed by atoms with Crippen LogP contribution in [0.5, 0.6) is 11.5 Å². The number of rotatable bonds is 4. The van der Waals surface area contributed by atoms with E-state index in [1.165, 1.54) is 44.2 Å². The number of hydrogen-bond donors (Lipinski definition) is 0. The molecule has 0 spiro atoms. The molecule has 0 amide bonds. The molecule has 0 N–H and O–H groups in total. The van der Waals surface area contributed by atoms with Gasteiger partial charge < -0.3 is 8.85 Å². The van der Waals surface area contributed by atoms with E-state index in [1.54, 1.807) is 0 Å². The Bertz CT molecular complexity index is 1290. The highest BCUT2D eigenvalue weighted by molar-refractivity contribution is 6.71. The number of fused-ring (bicyclic) bond motifs is 1. The predicted octanol–water partition coefficient (Wildman–Crippen LogP) is 8.25. The lowest BCUT2D eigenvalue weighted by atomic mass is 9.60. The van der Waals surface area contributed by atoms with Crippen LogP contribution in [0.3, 0.4) is 0 Å². The Morgan fingerprint density at radius 3 is 1.06 bits per heavy atom. The summed E-state index contributed by atoms with van der Waals surface area (Å²) in [5.74, 6) is 2.47. The zero-order valence-corrected chi connectivity index (χ0v) is 22.9. The minimum atomic E-state index is -1.88. The van der Waals surface area contributed by atoms with Crippen molar-refractivity contribution in [3.05, 3.63) is 106 Å². The Hall–Kier alpha value is -2.83. The first-order valence-corrected chi connectivity index (χ1v) is 19.1. The van der Waals surface area contributed by atoms with Gasteiger partial charge in [0.25, 0.3) is 0 Å². The summed E-state index contributed by atoms with van der Waals surface area (Å²) in [7, 11) is -3.76. The van der Waals surface area contributed by atoms with E-state index in [0.29, 0.717) is 0 Å². The lowest BCUT2D eigenvalue weighted by molar-refractivity contribution is 0.525. The van der Waals surface area contributed by atoms with E-state index in [4.69, 9.17) is 8.85 Å². The summed E-state index contributed by atoms with van der Waals surface area (Å²) >= 11 is 0. The van der Waals surface area contributed by atoms with Crippen LogP contribution in [0.15, 0.2) is 72.8 Å². The van der Waals surface area contributed by atoms with E-state index < -0.39 is 16.6 Å². The van der Waals surface area contributed by atoms with Crippen LogP contribution in [0.25, 0.3) is 10.8 Å². The average molecular weight is 481 g/mol. The fraction of sp³-hybridized carbons (Fsp3) is 0.267. The van der Waals surface area contributed by atoms with Gasteiger partial charge in [-0.2, -0.15) is 0 Å². The van der Waals surface area contributed by atoms with Gasteiger partial charge in [-0.1, -0.05) is 72.8 Å². The maximum atomic E-state index is 6.98. The lowest BCUT2D eigenvalue weighted by Gasteiger charge is -2.45. The zero-order chi connectivity index (χ0) is 23.8. The van der Waals surface area contributed by atoms with Gasteiger partial charge in [0, 0.05) is 33.7 Å². The maximum Gasteiger partial charge on any atom is 0.242 e. The lowest BCUT2D eigenvalue weighted by Crippen LogP contribution is -2.35. The molecule has 0 radical (unpaired) electrons. The molecular weight excluding hydrogens is 449 g/mol. The van der Waals surface area contributed by atoms with Crippen LogP contribution in [-0.4, -0.2) is 16.6 Å². The van der Waals surface area contributed by atoms with Crippen LogP contribution in [-0.2, 0) is 0 Å². The summed E-state index contributed by atoms with van der Waals surface area (Å²) in [6.45, 7) is 13.7. The van der Waals surface area contributed by atoms with Crippen LogP contribution in [0.1, 0.15) is 45.2 Å². The molecule has 172 valence electrons. The predicted molar refractivity (Wildman–Crippen MR) is 147 cm³/mol. The van der Waals surface area contributed by atoms with Crippen LogP contribution >= 0.6 is 0 Å². The maximum absolute atomic E-state index is 6.98. The Morgan fingerprint density at radius 2 is 0.765 bits per heavy atom. The first kappa shape index (κ1) is 21.7. The fourth-order valence-corrected chi connectivity index (χ4v) is 7.51. The monoisotopic (exact) mass is 480 g/mol. The molecule has 7 rings (SSSR count). The second-order valence-corrected chi connectivity index (χ2v) is 20.4. The van der Waals surface area contributed by atoms with Crippen molar-refractivity contribution in [2.24, 2.45) is 0 Å². The van der Waals surface area contributed by atoms with Gasteiger partial charge in [0.2, 0.25) is 16.6 Å². The van der Waals surface area contributed by atoms with Crippen molar-refractivity contribution in [3.8, 4) is 11.5 Å². The average Bonchev–Trinajstić information content (AvgIpc) is 2.79. The van der Waals surface area contributed by atoms with Gasteiger partial charge >= 0.3 is 0 Å². The van der Waals surface area contributed by atoms with Gasteiger partial charge in [0.15, 0.2) is 0 Å².